The van der Waals surface area contributed by atoms with Crippen LogP contribution in [0.1, 0.15) is 25.6 Å². The molecule has 0 fully saturated rings. The fourth-order valence-corrected chi connectivity index (χ4v) is 3.64. The van der Waals surface area contributed by atoms with Gasteiger partial charge in [0.15, 0.2) is 0 Å². The molecule has 1 aromatic heterocycles. The fraction of sp³-hybridized carbons (Fsp3) is 0.0588. The monoisotopic (exact) mass is 345 g/mol. The number of carboxylic acid groups (broad SMARTS) is 1. The van der Waals surface area contributed by atoms with Crippen molar-refractivity contribution in [2.75, 3.05) is 5.32 Å². The van der Waals surface area contributed by atoms with Crippen LogP contribution in [0, 0.1) is 6.92 Å². The number of rotatable bonds is 3. The molecule has 0 atom stereocenters. The standard InChI is InChI=1S/C17H12ClNO3S/c1-9-6-7-10(17(21)22)8-12(9)19-16(20)15-14(18)11-4-2-3-5-13(11)23-15/h2-8H,1H3,(H,19,20)(H,21,22). The summed E-state index contributed by atoms with van der Waals surface area (Å²) in [7, 11) is 0. The minimum Gasteiger partial charge on any atom is -0.478 e. The second-order valence-electron chi connectivity index (χ2n) is 5.03. The largest absolute Gasteiger partial charge is 0.478 e. The van der Waals surface area contributed by atoms with Crippen LogP contribution in [0.2, 0.25) is 5.02 Å². The van der Waals surface area contributed by atoms with Gasteiger partial charge in [0.05, 0.1) is 10.6 Å². The van der Waals surface area contributed by atoms with Crippen molar-refractivity contribution in [1.29, 1.82) is 0 Å². The van der Waals surface area contributed by atoms with Crippen LogP contribution < -0.4 is 5.32 Å². The van der Waals surface area contributed by atoms with Gasteiger partial charge in [-0.05, 0) is 30.7 Å². The molecule has 3 aromatic rings. The number of anilines is 1. The van der Waals surface area contributed by atoms with Gasteiger partial charge in [0.2, 0.25) is 0 Å². The van der Waals surface area contributed by atoms with Crippen molar-refractivity contribution in [1.82, 2.24) is 0 Å². The third-order valence-electron chi connectivity index (χ3n) is 3.47. The topological polar surface area (TPSA) is 66.4 Å². The third kappa shape index (κ3) is 2.93. The maximum Gasteiger partial charge on any atom is 0.335 e. The summed E-state index contributed by atoms with van der Waals surface area (Å²) in [5, 5.41) is 13.1. The van der Waals surface area contributed by atoms with Crippen LogP contribution in [0.4, 0.5) is 5.69 Å². The number of hydrogen-bond donors (Lipinski definition) is 2. The molecule has 0 saturated heterocycles. The first kappa shape index (κ1) is 15.5. The molecule has 0 bridgehead atoms. The van der Waals surface area contributed by atoms with Gasteiger partial charge in [-0.3, -0.25) is 4.79 Å². The van der Waals surface area contributed by atoms with Crippen molar-refractivity contribution >= 4 is 50.6 Å². The van der Waals surface area contributed by atoms with Crippen molar-refractivity contribution in [3.63, 3.8) is 0 Å². The van der Waals surface area contributed by atoms with Gasteiger partial charge in [-0.1, -0.05) is 35.9 Å². The van der Waals surface area contributed by atoms with Crippen LogP contribution in [0.3, 0.4) is 0 Å². The Morgan fingerprint density at radius 2 is 1.91 bits per heavy atom. The lowest BCUT2D eigenvalue weighted by molar-refractivity contribution is 0.0696. The highest BCUT2D eigenvalue weighted by molar-refractivity contribution is 7.21. The summed E-state index contributed by atoms with van der Waals surface area (Å²) in [5.41, 5.74) is 1.36. The molecular weight excluding hydrogens is 334 g/mol. The van der Waals surface area contributed by atoms with Gasteiger partial charge >= 0.3 is 5.97 Å². The predicted molar refractivity (Wildman–Crippen MR) is 92.9 cm³/mol. The van der Waals surface area contributed by atoms with E-state index in [1.165, 1.54) is 23.5 Å². The molecule has 2 aromatic carbocycles. The number of halogens is 1. The van der Waals surface area contributed by atoms with E-state index in [0.29, 0.717) is 15.6 Å². The highest BCUT2D eigenvalue weighted by Crippen LogP contribution is 2.35. The Balaban J connectivity index is 1.96. The van der Waals surface area contributed by atoms with Crippen molar-refractivity contribution in [3.05, 3.63) is 63.5 Å². The number of carboxylic acids is 1. The lowest BCUT2D eigenvalue weighted by atomic mass is 10.1. The van der Waals surface area contributed by atoms with Crippen LogP contribution in [-0.2, 0) is 0 Å². The Morgan fingerprint density at radius 3 is 2.61 bits per heavy atom. The van der Waals surface area contributed by atoms with E-state index in [0.717, 1.165) is 15.6 Å². The Morgan fingerprint density at radius 1 is 1.17 bits per heavy atom. The first-order chi connectivity index (χ1) is 11.0. The van der Waals surface area contributed by atoms with E-state index in [2.05, 4.69) is 5.32 Å². The normalized spacial score (nSPS) is 10.7. The van der Waals surface area contributed by atoms with E-state index in [1.807, 2.05) is 24.3 Å². The summed E-state index contributed by atoms with van der Waals surface area (Å²) in [6, 6.07) is 12.1. The maximum absolute atomic E-state index is 12.5. The average Bonchev–Trinajstić information content (AvgIpc) is 2.87. The molecule has 23 heavy (non-hydrogen) atoms. The highest BCUT2D eigenvalue weighted by Gasteiger charge is 2.18. The second kappa shape index (κ2) is 6.02. The number of aryl methyl sites for hydroxylation is 1. The molecule has 0 saturated carbocycles. The first-order valence-electron chi connectivity index (χ1n) is 6.79. The molecule has 0 aliphatic heterocycles. The van der Waals surface area contributed by atoms with E-state index >= 15 is 0 Å². The zero-order valence-electron chi connectivity index (χ0n) is 12.1. The minimum atomic E-state index is -1.04. The Hall–Kier alpha value is -2.37. The number of carbonyl (C=O) groups excluding carboxylic acids is 1. The van der Waals surface area contributed by atoms with E-state index < -0.39 is 5.97 Å². The lowest BCUT2D eigenvalue weighted by Crippen LogP contribution is -2.12. The summed E-state index contributed by atoms with van der Waals surface area (Å²) in [5.74, 6) is -1.39. The van der Waals surface area contributed by atoms with Crippen LogP contribution in [0.25, 0.3) is 10.1 Å². The smallest absolute Gasteiger partial charge is 0.335 e. The van der Waals surface area contributed by atoms with Gasteiger partial charge in [0.1, 0.15) is 4.88 Å². The number of fused-ring (bicyclic) bond motifs is 1. The molecule has 1 heterocycles. The van der Waals surface area contributed by atoms with Gasteiger partial charge in [-0.2, -0.15) is 0 Å². The van der Waals surface area contributed by atoms with Crippen LogP contribution in [-0.4, -0.2) is 17.0 Å². The molecule has 3 rings (SSSR count). The minimum absolute atomic E-state index is 0.119. The number of hydrogen-bond acceptors (Lipinski definition) is 3. The number of nitrogens with one attached hydrogen (secondary N) is 1. The van der Waals surface area contributed by atoms with E-state index in [-0.39, 0.29) is 11.5 Å². The molecule has 0 radical (unpaired) electrons. The molecule has 0 spiro atoms. The van der Waals surface area contributed by atoms with Crippen molar-refractivity contribution in [3.8, 4) is 0 Å². The zero-order valence-corrected chi connectivity index (χ0v) is 13.7. The molecular formula is C17H12ClNO3S. The molecule has 2 N–H and O–H groups in total. The highest BCUT2D eigenvalue weighted by atomic mass is 35.5. The maximum atomic E-state index is 12.5. The van der Waals surface area contributed by atoms with E-state index in [9.17, 15) is 9.59 Å². The van der Waals surface area contributed by atoms with Crippen molar-refractivity contribution < 1.29 is 14.7 Å². The molecule has 4 nitrogen and oxygen atoms in total. The first-order valence-corrected chi connectivity index (χ1v) is 7.99. The predicted octanol–water partition coefficient (Wildman–Crippen LogP) is 4.81. The number of benzene rings is 2. The quantitative estimate of drug-likeness (QED) is 0.715. The van der Waals surface area contributed by atoms with E-state index in [4.69, 9.17) is 16.7 Å². The number of thiophene rings is 1. The Bertz CT molecular complexity index is 933. The summed E-state index contributed by atoms with van der Waals surface area (Å²) >= 11 is 7.60. The Labute approximate surface area is 141 Å². The van der Waals surface area contributed by atoms with Crippen LogP contribution in [0.5, 0.6) is 0 Å². The number of aromatic carboxylic acids is 1. The number of amides is 1. The van der Waals surface area contributed by atoms with Crippen LogP contribution in [0.15, 0.2) is 42.5 Å². The summed E-state index contributed by atoms with van der Waals surface area (Å²) in [6.07, 6.45) is 0. The van der Waals surface area contributed by atoms with Gasteiger partial charge in [-0.25, -0.2) is 4.79 Å². The molecule has 0 aliphatic carbocycles. The summed E-state index contributed by atoms with van der Waals surface area (Å²) < 4.78 is 0.929. The van der Waals surface area contributed by atoms with Gasteiger partial charge in [-0.15, -0.1) is 11.3 Å². The molecule has 6 heteroatoms. The molecule has 116 valence electrons. The number of carbonyl (C=O) groups is 2. The van der Waals surface area contributed by atoms with Gasteiger partial charge in [0, 0.05) is 15.8 Å². The van der Waals surface area contributed by atoms with Crippen LogP contribution >= 0.6 is 22.9 Å². The third-order valence-corrected chi connectivity index (χ3v) is 5.15. The molecule has 1 amide bonds. The fourth-order valence-electron chi connectivity index (χ4n) is 2.23. The molecule has 0 aliphatic rings. The van der Waals surface area contributed by atoms with Crippen molar-refractivity contribution in [2.45, 2.75) is 6.92 Å². The second-order valence-corrected chi connectivity index (χ2v) is 6.46. The van der Waals surface area contributed by atoms with Crippen molar-refractivity contribution in [2.24, 2.45) is 0 Å². The van der Waals surface area contributed by atoms with Gasteiger partial charge in [0.25, 0.3) is 5.91 Å². The van der Waals surface area contributed by atoms with Gasteiger partial charge < -0.3 is 10.4 Å². The Kier molecular flexibility index (Phi) is 4.07. The average molecular weight is 346 g/mol. The lowest BCUT2D eigenvalue weighted by Gasteiger charge is -2.08. The van der Waals surface area contributed by atoms with E-state index in [1.54, 1.807) is 13.0 Å². The summed E-state index contributed by atoms with van der Waals surface area (Å²) in [6.45, 7) is 1.80. The summed E-state index contributed by atoms with van der Waals surface area (Å²) in [4.78, 5) is 24.0. The zero-order chi connectivity index (χ0) is 16.6. The SMILES string of the molecule is Cc1ccc(C(=O)O)cc1NC(=O)c1sc2ccccc2c1Cl. The molecule has 0 unspecified atom stereocenters.